The van der Waals surface area contributed by atoms with Crippen molar-refractivity contribution in [3.63, 3.8) is 0 Å². The fourth-order valence-electron chi connectivity index (χ4n) is 2.20. The fourth-order valence-corrected chi connectivity index (χ4v) is 2.20. The lowest BCUT2D eigenvalue weighted by Gasteiger charge is -2.22. The van der Waals surface area contributed by atoms with Gasteiger partial charge in [-0.2, -0.15) is 0 Å². The molecule has 0 unspecified atom stereocenters. The molecule has 2 aliphatic rings. The Morgan fingerprint density at radius 1 is 1.00 bits per heavy atom. The third-order valence-corrected chi connectivity index (χ3v) is 3.45. The summed E-state index contributed by atoms with van der Waals surface area (Å²) in [5, 5.41) is 4.94. The van der Waals surface area contributed by atoms with Gasteiger partial charge in [0.2, 0.25) is 0 Å². The average molecular weight is 268 g/mol. The van der Waals surface area contributed by atoms with Gasteiger partial charge in [0.25, 0.3) is 5.91 Å². The van der Waals surface area contributed by atoms with Crippen molar-refractivity contribution >= 4 is 17.9 Å². The third-order valence-electron chi connectivity index (χ3n) is 3.45. The van der Waals surface area contributed by atoms with E-state index in [1.54, 1.807) is 0 Å². The Morgan fingerprint density at radius 2 is 1.68 bits per heavy atom. The molecule has 106 valence electrons. The van der Waals surface area contributed by atoms with Crippen LogP contribution in [0, 0.1) is 5.92 Å². The number of carbonyl (C=O) groups is 3. The van der Waals surface area contributed by atoms with Gasteiger partial charge in [0.05, 0.1) is 5.92 Å². The molecular formula is C13H20N2O4. The molecule has 2 saturated carbocycles. The summed E-state index contributed by atoms with van der Waals surface area (Å²) in [5.41, 5.74) is 0. The van der Waals surface area contributed by atoms with Gasteiger partial charge >= 0.3 is 12.0 Å². The zero-order valence-electron chi connectivity index (χ0n) is 10.9. The normalized spacial score (nSPS) is 19.6. The van der Waals surface area contributed by atoms with E-state index < -0.39 is 11.9 Å². The van der Waals surface area contributed by atoms with Crippen molar-refractivity contribution in [2.75, 3.05) is 6.61 Å². The summed E-state index contributed by atoms with van der Waals surface area (Å²) < 4.78 is 4.79. The van der Waals surface area contributed by atoms with Crippen molar-refractivity contribution < 1.29 is 19.1 Å². The van der Waals surface area contributed by atoms with Gasteiger partial charge in [0.1, 0.15) is 0 Å². The molecule has 0 bridgehead atoms. The lowest BCUT2D eigenvalue weighted by atomic mass is 9.96. The number of hydrogen-bond donors (Lipinski definition) is 2. The van der Waals surface area contributed by atoms with Gasteiger partial charge < -0.3 is 10.1 Å². The summed E-state index contributed by atoms with van der Waals surface area (Å²) in [5.74, 6) is -0.964. The van der Waals surface area contributed by atoms with Crippen molar-refractivity contribution in [3.8, 4) is 0 Å². The standard InChI is InChI=1S/C13H20N2O4/c16-11(8-19-12(17)9-6-7-9)15-13(18)14-10-4-2-1-3-5-10/h9-10H,1-8H2,(H2,14,15,16,18). The SMILES string of the molecule is O=C(COC(=O)C1CC1)NC(=O)NC1CCCCC1. The van der Waals surface area contributed by atoms with Crippen LogP contribution in [0.15, 0.2) is 0 Å². The van der Waals surface area contributed by atoms with Crippen molar-refractivity contribution in [2.45, 2.75) is 51.0 Å². The number of esters is 1. The molecule has 6 nitrogen and oxygen atoms in total. The number of urea groups is 1. The molecular weight excluding hydrogens is 248 g/mol. The van der Waals surface area contributed by atoms with Crippen molar-refractivity contribution in [3.05, 3.63) is 0 Å². The molecule has 0 radical (unpaired) electrons. The first-order valence-electron chi connectivity index (χ1n) is 6.92. The minimum Gasteiger partial charge on any atom is -0.455 e. The van der Waals surface area contributed by atoms with Crippen LogP contribution in [0.4, 0.5) is 4.79 Å². The number of amides is 3. The van der Waals surface area contributed by atoms with E-state index in [9.17, 15) is 14.4 Å². The van der Waals surface area contributed by atoms with Gasteiger partial charge in [-0.05, 0) is 25.7 Å². The predicted molar refractivity (Wildman–Crippen MR) is 67.2 cm³/mol. The largest absolute Gasteiger partial charge is 0.455 e. The Hall–Kier alpha value is -1.59. The summed E-state index contributed by atoms with van der Waals surface area (Å²) in [4.78, 5) is 34.1. The Balaban J connectivity index is 1.60. The van der Waals surface area contributed by atoms with Gasteiger partial charge in [-0.25, -0.2) is 4.79 Å². The summed E-state index contributed by atoms with van der Waals surface area (Å²) in [7, 11) is 0. The molecule has 0 aliphatic heterocycles. The number of hydrogen-bond acceptors (Lipinski definition) is 4. The smallest absolute Gasteiger partial charge is 0.321 e. The highest BCUT2D eigenvalue weighted by Crippen LogP contribution is 2.29. The Labute approximate surface area is 112 Å². The first-order chi connectivity index (χ1) is 9.15. The first-order valence-corrected chi connectivity index (χ1v) is 6.92. The van der Waals surface area contributed by atoms with Crippen LogP contribution in [-0.4, -0.2) is 30.6 Å². The predicted octanol–water partition coefficient (Wildman–Crippen LogP) is 1.10. The number of imide groups is 1. The second-order valence-corrected chi connectivity index (χ2v) is 5.24. The highest BCUT2D eigenvalue weighted by Gasteiger charge is 2.31. The van der Waals surface area contributed by atoms with Gasteiger partial charge in [0.15, 0.2) is 6.61 Å². The minimum atomic E-state index is -0.581. The monoisotopic (exact) mass is 268 g/mol. The maximum atomic E-state index is 11.5. The number of carbonyl (C=O) groups excluding carboxylic acids is 3. The molecule has 0 aromatic carbocycles. The van der Waals surface area contributed by atoms with Crippen LogP contribution in [0.1, 0.15) is 44.9 Å². The molecule has 0 saturated heterocycles. The number of rotatable bonds is 4. The van der Waals surface area contributed by atoms with E-state index in [1.807, 2.05) is 0 Å². The molecule has 0 aromatic heterocycles. The molecule has 0 aromatic rings. The minimum absolute atomic E-state index is 0.0381. The topological polar surface area (TPSA) is 84.5 Å². The Morgan fingerprint density at radius 3 is 2.32 bits per heavy atom. The van der Waals surface area contributed by atoms with Crippen LogP contribution < -0.4 is 10.6 Å². The molecule has 0 atom stereocenters. The third kappa shape index (κ3) is 4.89. The van der Waals surface area contributed by atoms with Gasteiger partial charge in [-0.1, -0.05) is 19.3 Å². The van der Waals surface area contributed by atoms with Gasteiger partial charge in [0, 0.05) is 6.04 Å². The first kappa shape index (κ1) is 13.8. The second-order valence-electron chi connectivity index (χ2n) is 5.24. The maximum Gasteiger partial charge on any atom is 0.321 e. The summed E-state index contributed by atoms with van der Waals surface area (Å²) in [6.45, 7) is -0.382. The van der Waals surface area contributed by atoms with Crippen molar-refractivity contribution in [2.24, 2.45) is 5.92 Å². The molecule has 0 heterocycles. The molecule has 2 N–H and O–H groups in total. The van der Waals surface area contributed by atoms with Crippen LogP contribution >= 0.6 is 0 Å². The Kier molecular flexibility index (Phi) is 4.76. The van der Waals surface area contributed by atoms with Crippen LogP contribution in [0.5, 0.6) is 0 Å². The van der Waals surface area contributed by atoms with Crippen molar-refractivity contribution in [1.29, 1.82) is 0 Å². The lowest BCUT2D eigenvalue weighted by Crippen LogP contribution is -2.46. The summed E-state index contributed by atoms with van der Waals surface area (Å²) in [6, 6.07) is -0.352. The highest BCUT2D eigenvalue weighted by atomic mass is 16.5. The second kappa shape index (κ2) is 6.54. The molecule has 3 amide bonds. The fraction of sp³-hybridized carbons (Fsp3) is 0.769. The van der Waals surface area contributed by atoms with E-state index in [4.69, 9.17) is 4.74 Å². The molecule has 6 heteroatoms. The number of nitrogens with one attached hydrogen (secondary N) is 2. The molecule has 2 fully saturated rings. The van der Waals surface area contributed by atoms with E-state index in [-0.39, 0.29) is 24.5 Å². The van der Waals surface area contributed by atoms with E-state index in [1.165, 1.54) is 6.42 Å². The van der Waals surface area contributed by atoms with E-state index in [2.05, 4.69) is 10.6 Å². The van der Waals surface area contributed by atoms with E-state index in [0.717, 1.165) is 38.5 Å². The van der Waals surface area contributed by atoms with Crippen LogP contribution in [-0.2, 0) is 14.3 Å². The number of ether oxygens (including phenoxy) is 1. The quantitative estimate of drug-likeness (QED) is 0.748. The summed E-state index contributed by atoms with van der Waals surface area (Å²) in [6.07, 6.45) is 7.01. The van der Waals surface area contributed by atoms with E-state index in [0.29, 0.717) is 0 Å². The molecule has 0 spiro atoms. The van der Waals surface area contributed by atoms with Gasteiger partial charge in [-0.15, -0.1) is 0 Å². The maximum absolute atomic E-state index is 11.5. The van der Waals surface area contributed by atoms with Crippen LogP contribution in [0.3, 0.4) is 0 Å². The zero-order valence-corrected chi connectivity index (χ0v) is 10.9. The molecule has 19 heavy (non-hydrogen) atoms. The molecule has 2 aliphatic carbocycles. The van der Waals surface area contributed by atoms with Crippen molar-refractivity contribution in [1.82, 2.24) is 10.6 Å². The van der Waals surface area contributed by atoms with E-state index >= 15 is 0 Å². The van der Waals surface area contributed by atoms with Gasteiger partial charge in [-0.3, -0.25) is 14.9 Å². The van der Waals surface area contributed by atoms with Crippen LogP contribution in [0.25, 0.3) is 0 Å². The lowest BCUT2D eigenvalue weighted by molar-refractivity contribution is -0.149. The Bertz CT molecular complexity index is 360. The highest BCUT2D eigenvalue weighted by molar-refractivity contribution is 5.95. The van der Waals surface area contributed by atoms with Crippen LogP contribution in [0.2, 0.25) is 0 Å². The molecule has 2 rings (SSSR count). The average Bonchev–Trinajstić information content (AvgIpc) is 3.21. The summed E-state index contributed by atoms with van der Waals surface area (Å²) >= 11 is 0. The zero-order chi connectivity index (χ0) is 13.7.